The fourth-order valence-corrected chi connectivity index (χ4v) is 5.81. The van der Waals surface area contributed by atoms with Gasteiger partial charge in [0.25, 0.3) is 0 Å². The van der Waals surface area contributed by atoms with E-state index in [4.69, 9.17) is 0 Å². The molecule has 32 heavy (non-hydrogen) atoms. The van der Waals surface area contributed by atoms with Crippen LogP contribution in [0.3, 0.4) is 0 Å². The Balaban J connectivity index is 2.26. The van der Waals surface area contributed by atoms with Gasteiger partial charge in [-0.1, -0.05) is 62.1 Å². The third kappa shape index (κ3) is 4.60. The lowest BCUT2D eigenvalue weighted by molar-refractivity contribution is 0.686. The molecule has 0 saturated carbocycles. The average molecular weight is 433 g/mol. The summed E-state index contributed by atoms with van der Waals surface area (Å²) < 4.78 is 0. The molecule has 0 radical (unpaired) electrons. The minimum atomic E-state index is 0.272. The molecule has 0 bridgehead atoms. The lowest BCUT2D eigenvalue weighted by atomic mass is 10.0. The van der Waals surface area contributed by atoms with Crippen molar-refractivity contribution in [1.82, 2.24) is 0 Å². The van der Waals surface area contributed by atoms with Crippen molar-refractivity contribution in [2.45, 2.75) is 107 Å². The van der Waals surface area contributed by atoms with Gasteiger partial charge in [0.1, 0.15) is 6.17 Å². The lowest BCUT2D eigenvalue weighted by Crippen LogP contribution is -2.39. The molecule has 0 spiro atoms. The summed E-state index contributed by atoms with van der Waals surface area (Å²) >= 11 is 0. The number of allylic oxidation sites excluding steroid dienone is 2. The Kier molecular flexibility index (Phi) is 7.75. The zero-order chi connectivity index (χ0) is 23.6. The van der Waals surface area contributed by atoms with Crippen molar-refractivity contribution < 1.29 is 0 Å². The molecule has 1 aliphatic heterocycles. The molecule has 0 atom stereocenters. The highest BCUT2D eigenvalue weighted by Crippen LogP contribution is 2.45. The Morgan fingerprint density at radius 2 is 0.906 bits per heavy atom. The Morgan fingerprint density at radius 1 is 0.594 bits per heavy atom. The molecule has 3 rings (SSSR count). The molecule has 0 N–H and O–H groups in total. The largest absolute Gasteiger partial charge is 0.322 e. The second-order valence-corrected chi connectivity index (χ2v) is 9.97. The highest BCUT2D eigenvalue weighted by molar-refractivity contribution is 5.74. The van der Waals surface area contributed by atoms with Gasteiger partial charge in [0.15, 0.2) is 0 Å². The topological polar surface area (TPSA) is 6.48 Å². The van der Waals surface area contributed by atoms with Gasteiger partial charge in [-0.15, -0.1) is 0 Å². The molecule has 0 saturated heterocycles. The Labute approximate surface area is 197 Å². The molecule has 0 unspecified atom stereocenters. The lowest BCUT2D eigenvalue weighted by Gasteiger charge is -2.36. The predicted octanol–water partition coefficient (Wildman–Crippen LogP) is 8.80. The number of hydrogen-bond acceptors (Lipinski definition) is 2. The first-order valence-electron chi connectivity index (χ1n) is 12.7. The van der Waals surface area contributed by atoms with E-state index in [1.807, 2.05) is 0 Å². The molecule has 2 aromatic rings. The van der Waals surface area contributed by atoms with E-state index < -0.39 is 0 Å². The van der Waals surface area contributed by atoms with Crippen LogP contribution in [0.4, 0.5) is 11.4 Å². The standard InChI is InChI=1S/C30H44N2/c1-10-12-14-27-28(15-13-11-2)32(30-24(7)18-21(4)19-25(30)8)26(9)31(27)29-22(5)16-20(3)17-23(29)6/h16-19,26H,10-15H2,1-9H3. The maximum absolute atomic E-state index is 2.68. The van der Waals surface area contributed by atoms with Gasteiger partial charge in [0, 0.05) is 22.8 Å². The summed E-state index contributed by atoms with van der Waals surface area (Å²) in [4.78, 5) is 5.37. The van der Waals surface area contributed by atoms with E-state index in [0.29, 0.717) is 0 Å². The van der Waals surface area contributed by atoms with Crippen LogP contribution in [0, 0.1) is 41.5 Å². The van der Waals surface area contributed by atoms with E-state index >= 15 is 0 Å². The van der Waals surface area contributed by atoms with Crippen LogP contribution in [-0.4, -0.2) is 6.17 Å². The minimum Gasteiger partial charge on any atom is -0.322 e. The van der Waals surface area contributed by atoms with Gasteiger partial charge in [0.05, 0.1) is 0 Å². The van der Waals surface area contributed by atoms with Crippen LogP contribution in [-0.2, 0) is 0 Å². The van der Waals surface area contributed by atoms with E-state index in [1.54, 1.807) is 11.4 Å². The van der Waals surface area contributed by atoms with Crippen molar-refractivity contribution in [1.29, 1.82) is 0 Å². The molecular weight excluding hydrogens is 388 g/mol. The summed E-state index contributed by atoms with van der Waals surface area (Å²) in [6.07, 6.45) is 7.48. The zero-order valence-corrected chi connectivity index (χ0v) is 22.0. The van der Waals surface area contributed by atoms with E-state index in [-0.39, 0.29) is 6.17 Å². The minimum absolute atomic E-state index is 0.272. The first kappa shape index (κ1) is 24.4. The van der Waals surface area contributed by atoms with Crippen LogP contribution in [0.15, 0.2) is 35.7 Å². The van der Waals surface area contributed by atoms with Gasteiger partial charge < -0.3 is 9.80 Å². The van der Waals surface area contributed by atoms with Crippen molar-refractivity contribution in [3.05, 3.63) is 69.0 Å². The SMILES string of the molecule is CCCCC1=C(CCCC)N(c2c(C)cc(C)cc2C)C(C)N1c1c(C)cc(C)cc1C. The van der Waals surface area contributed by atoms with Crippen LogP contribution < -0.4 is 9.80 Å². The number of anilines is 2. The molecular formula is C30H44N2. The normalized spacial score (nSPS) is 14.8. The van der Waals surface area contributed by atoms with Crippen molar-refractivity contribution in [2.75, 3.05) is 9.80 Å². The zero-order valence-electron chi connectivity index (χ0n) is 22.0. The molecule has 0 amide bonds. The summed E-state index contributed by atoms with van der Waals surface area (Å²) in [7, 11) is 0. The van der Waals surface area contributed by atoms with Gasteiger partial charge in [0.2, 0.25) is 0 Å². The van der Waals surface area contributed by atoms with Gasteiger partial charge in [-0.05, 0) is 96.4 Å². The van der Waals surface area contributed by atoms with E-state index in [1.165, 1.54) is 70.4 Å². The van der Waals surface area contributed by atoms with Crippen LogP contribution >= 0.6 is 0 Å². The number of benzene rings is 2. The maximum atomic E-state index is 2.68. The molecule has 0 fully saturated rings. The number of rotatable bonds is 8. The van der Waals surface area contributed by atoms with Crippen LogP contribution in [0.2, 0.25) is 0 Å². The van der Waals surface area contributed by atoms with Crippen molar-refractivity contribution in [3.8, 4) is 0 Å². The first-order chi connectivity index (χ1) is 15.2. The van der Waals surface area contributed by atoms with Crippen molar-refractivity contribution in [2.24, 2.45) is 0 Å². The Bertz CT molecular complexity index is 872. The molecule has 0 aliphatic carbocycles. The van der Waals surface area contributed by atoms with E-state index in [0.717, 1.165) is 12.8 Å². The fraction of sp³-hybridized carbons (Fsp3) is 0.533. The molecule has 1 heterocycles. The van der Waals surface area contributed by atoms with Gasteiger partial charge in [-0.2, -0.15) is 0 Å². The Morgan fingerprint density at radius 3 is 1.19 bits per heavy atom. The average Bonchev–Trinajstić information content (AvgIpc) is 2.95. The summed E-state index contributed by atoms with van der Waals surface area (Å²) in [6.45, 7) is 20.6. The van der Waals surface area contributed by atoms with Gasteiger partial charge in [-0.3, -0.25) is 0 Å². The Hall–Kier alpha value is -2.22. The summed E-state index contributed by atoms with van der Waals surface area (Å²) in [5, 5.41) is 0. The number of hydrogen-bond donors (Lipinski definition) is 0. The summed E-state index contributed by atoms with van der Waals surface area (Å²) in [5.74, 6) is 0. The highest BCUT2D eigenvalue weighted by Gasteiger charge is 2.38. The van der Waals surface area contributed by atoms with Crippen LogP contribution in [0.25, 0.3) is 0 Å². The molecule has 174 valence electrons. The van der Waals surface area contributed by atoms with Crippen molar-refractivity contribution >= 4 is 11.4 Å². The monoisotopic (exact) mass is 432 g/mol. The smallest absolute Gasteiger partial charge is 0.108 e. The third-order valence-electron chi connectivity index (χ3n) is 6.95. The summed E-state index contributed by atoms with van der Waals surface area (Å²) in [6, 6.07) is 9.40. The van der Waals surface area contributed by atoms with Crippen LogP contribution in [0.1, 0.15) is 92.7 Å². The molecule has 1 aliphatic rings. The number of aryl methyl sites for hydroxylation is 6. The molecule has 2 aromatic carbocycles. The molecule has 2 nitrogen and oxygen atoms in total. The number of nitrogens with zero attached hydrogens (tertiary/aromatic N) is 2. The van der Waals surface area contributed by atoms with Gasteiger partial charge in [-0.25, -0.2) is 0 Å². The fourth-order valence-electron chi connectivity index (χ4n) is 5.81. The number of unbranched alkanes of at least 4 members (excludes halogenated alkanes) is 2. The quantitative estimate of drug-likeness (QED) is 0.411. The summed E-state index contributed by atoms with van der Waals surface area (Å²) in [5.41, 5.74) is 14.2. The first-order valence-corrected chi connectivity index (χ1v) is 12.7. The second-order valence-electron chi connectivity index (χ2n) is 9.97. The van der Waals surface area contributed by atoms with Gasteiger partial charge >= 0.3 is 0 Å². The predicted molar refractivity (Wildman–Crippen MR) is 142 cm³/mol. The van der Waals surface area contributed by atoms with Crippen molar-refractivity contribution in [3.63, 3.8) is 0 Å². The van der Waals surface area contributed by atoms with E-state index in [9.17, 15) is 0 Å². The highest BCUT2D eigenvalue weighted by atomic mass is 15.4. The molecule has 0 aromatic heterocycles. The third-order valence-corrected chi connectivity index (χ3v) is 6.95. The van der Waals surface area contributed by atoms with E-state index in [2.05, 4.69) is 96.4 Å². The second kappa shape index (κ2) is 10.1. The van der Waals surface area contributed by atoms with Crippen LogP contribution in [0.5, 0.6) is 0 Å². The molecule has 2 heteroatoms. The maximum Gasteiger partial charge on any atom is 0.108 e.